The van der Waals surface area contributed by atoms with E-state index < -0.39 is 0 Å². The molecule has 36 heavy (non-hydrogen) atoms. The highest BCUT2D eigenvalue weighted by Gasteiger charge is 2.32. The summed E-state index contributed by atoms with van der Waals surface area (Å²) < 4.78 is 15.7. The molecule has 7 nitrogen and oxygen atoms in total. The number of aryl methyl sites for hydroxylation is 1. The second-order valence-corrected chi connectivity index (χ2v) is 10.4. The Kier molecular flexibility index (Phi) is 6.96. The van der Waals surface area contributed by atoms with Crippen LogP contribution in [0, 0.1) is 18.7 Å². The van der Waals surface area contributed by atoms with E-state index in [0.717, 1.165) is 40.7 Å². The topological polar surface area (TPSA) is 79.7 Å². The van der Waals surface area contributed by atoms with Gasteiger partial charge in [0.25, 0.3) is 5.56 Å². The van der Waals surface area contributed by atoms with E-state index in [4.69, 9.17) is 0 Å². The summed E-state index contributed by atoms with van der Waals surface area (Å²) in [5.74, 6) is 0.739. The summed E-state index contributed by atoms with van der Waals surface area (Å²) in [6.45, 7) is 7.31. The first-order valence-electron chi connectivity index (χ1n) is 12.8. The standard InChI is InChI=1S/C28H33FN6O/c1-18(2)26(27-31-32-33-35(27)24-6-4-5-7-24)34(16-20-9-11-23(29)12-10-20)17-22-15-21-14-19(3)8-13-25(21)30-28(22)36/h8-15,18,24,26H,4-7,16-17H2,1-3H3,(H,30,36)/t26-/m1/s1. The highest BCUT2D eigenvalue weighted by molar-refractivity contribution is 5.79. The number of H-pyrrole nitrogens is 1. The summed E-state index contributed by atoms with van der Waals surface area (Å²) in [6, 6.07) is 14.7. The Hall–Kier alpha value is -3.39. The van der Waals surface area contributed by atoms with Crippen LogP contribution in [-0.4, -0.2) is 30.1 Å². The average molecular weight is 489 g/mol. The maximum absolute atomic E-state index is 13.7. The Bertz CT molecular complexity index is 1390. The lowest BCUT2D eigenvalue weighted by Gasteiger charge is -2.34. The number of nitrogens with zero attached hydrogens (tertiary/aromatic N) is 5. The number of tetrazole rings is 1. The van der Waals surface area contributed by atoms with Gasteiger partial charge in [0.05, 0.1) is 12.1 Å². The normalized spacial score (nSPS) is 15.4. The van der Waals surface area contributed by atoms with Crippen molar-refractivity contribution in [3.8, 4) is 0 Å². The highest BCUT2D eigenvalue weighted by Crippen LogP contribution is 2.35. The minimum absolute atomic E-state index is 0.103. The molecule has 2 aromatic heterocycles. The van der Waals surface area contributed by atoms with Crippen LogP contribution in [0.25, 0.3) is 10.9 Å². The van der Waals surface area contributed by atoms with Gasteiger partial charge in [-0.3, -0.25) is 9.69 Å². The minimum atomic E-state index is -0.266. The zero-order valence-electron chi connectivity index (χ0n) is 21.1. The lowest BCUT2D eigenvalue weighted by atomic mass is 9.99. The largest absolute Gasteiger partial charge is 0.322 e. The van der Waals surface area contributed by atoms with Crippen molar-refractivity contribution < 1.29 is 4.39 Å². The first kappa shape index (κ1) is 24.3. The molecule has 2 aromatic carbocycles. The third-order valence-corrected chi connectivity index (χ3v) is 7.23. The Labute approximate surface area is 210 Å². The number of fused-ring (bicyclic) bond motifs is 1. The molecule has 1 aliphatic carbocycles. The van der Waals surface area contributed by atoms with Crippen molar-refractivity contribution >= 4 is 10.9 Å². The quantitative estimate of drug-likeness (QED) is 0.355. The molecule has 0 unspecified atom stereocenters. The third kappa shape index (κ3) is 5.09. The number of hydrogen-bond donors (Lipinski definition) is 1. The van der Waals surface area contributed by atoms with Crippen LogP contribution in [0.2, 0.25) is 0 Å². The number of halogens is 1. The Morgan fingerprint density at radius 3 is 2.56 bits per heavy atom. The van der Waals surface area contributed by atoms with Gasteiger partial charge in [-0.1, -0.05) is 50.5 Å². The van der Waals surface area contributed by atoms with Crippen LogP contribution in [0.15, 0.2) is 53.3 Å². The number of aromatic nitrogens is 5. The second kappa shape index (κ2) is 10.3. The summed E-state index contributed by atoms with van der Waals surface area (Å²) in [6.07, 6.45) is 4.51. The molecular formula is C28H33FN6O. The van der Waals surface area contributed by atoms with Crippen LogP contribution < -0.4 is 5.56 Å². The van der Waals surface area contributed by atoms with Crippen molar-refractivity contribution in [3.05, 3.63) is 87.2 Å². The van der Waals surface area contributed by atoms with Crippen LogP contribution in [0.3, 0.4) is 0 Å². The monoisotopic (exact) mass is 488 g/mol. The van der Waals surface area contributed by atoms with E-state index in [1.807, 2.05) is 29.8 Å². The van der Waals surface area contributed by atoms with E-state index in [-0.39, 0.29) is 23.3 Å². The first-order chi connectivity index (χ1) is 17.4. The summed E-state index contributed by atoms with van der Waals surface area (Å²) in [7, 11) is 0. The fraction of sp³-hybridized carbons (Fsp3) is 0.429. The fourth-order valence-corrected chi connectivity index (χ4v) is 5.47. The molecule has 4 aromatic rings. The van der Waals surface area contributed by atoms with Crippen molar-refractivity contribution in [2.45, 2.75) is 71.6 Å². The van der Waals surface area contributed by atoms with Crippen LogP contribution in [0.1, 0.15) is 74.1 Å². The highest BCUT2D eigenvalue weighted by atomic mass is 19.1. The molecule has 2 heterocycles. The van der Waals surface area contributed by atoms with Gasteiger partial charge in [0, 0.05) is 24.2 Å². The molecule has 1 saturated carbocycles. The second-order valence-electron chi connectivity index (χ2n) is 10.4. The van der Waals surface area contributed by atoms with Crippen LogP contribution in [0.4, 0.5) is 4.39 Å². The molecule has 188 valence electrons. The Morgan fingerprint density at radius 2 is 1.83 bits per heavy atom. The zero-order valence-corrected chi connectivity index (χ0v) is 21.1. The van der Waals surface area contributed by atoms with Gasteiger partial charge in [-0.25, -0.2) is 9.07 Å². The van der Waals surface area contributed by atoms with Crippen molar-refractivity contribution in [3.63, 3.8) is 0 Å². The predicted octanol–water partition coefficient (Wildman–Crippen LogP) is 5.48. The molecule has 8 heteroatoms. The van der Waals surface area contributed by atoms with E-state index >= 15 is 0 Å². The molecule has 1 N–H and O–H groups in total. The zero-order chi connectivity index (χ0) is 25.2. The predicted molar refractivity (Wildman–Crippen MR) is 138 cm³/mol. The van der Waals surface area contributed by atoms with Crippen molar-refractivity contribution in [1.82, 2.24) is 30.1 Å². The molecule has 0 saturated heterocycles. The van der Waals surface area contributed by atoms with Gasteiger partial charge in [0.2, 0.25) is 0 Å². The molecular weight excluding hydrogens is 455 g/mol. The number of rotatable bonds is 8. The Balaban J connectivity index is 1.56. The van der Waals surface area contributed by atoms with E-state index in [2.05, 4.69) is 45.3 Å². The van der Waals surface area contributed by atoms with Crippen LogP contribution in [0.5, 0.6) is 0 Å². The molecule has 1 aliphatic rings. The third-order valence-electron chi connectivity index (χ3n) is 7.23. The molecule has 1 atom stereocenters. The maximum Gasteiger partial charge on any atom is 0.252 e. The minimum Gasteiger partial charge on any atom is -0.322 e. The van der Waals surface area contributed by atoms with Crippen molar-refractivity contribution in [2.75, 3.05) is 0 Å². The smallest absolute Gasteiger partial charge is 0.252 e. The van der Waals surface area contributed by atoms with Crippen LogP contribution >= 0.6 is 0 Å². The van der Waals surface area contributed by atoms with Gasteiger partial charge >= 0.3 is 0 Å². The van der Waals surface area contributed by atoms with Gasteiger partial charge in [-0.15, -0.1) is 5.10 Å². The van der Waals surface area contributed by atoms with Gasteiger partial charge in [0.1, 0.15) is 5.82 Å². The number of aromatic amines is 1. The molecule has 0 amide bonds. The summed E-state index contributed by atoms with van der Waals surface area (Å²) >= 11 is 0. The number of pyridine rings is 1. The van der Waals surface area contributed by atoms with Gasteiger partial charge in [-0.05, 0) is 77.4 Å². The Morgan fingerprint density at radius 1 is 1.08 bits per heavy atom. The summed E-state index contributed by atoms with van der Waals surface area (Å²) in [5.41, 5.74) is 3.51. The molecule has 0 bridgehead atoms. The number of benzene rings is 2. The summed E-state index contributed by atoms with van der Waals surface area (Å²) in [5, 5.41) is 14.0. The number of hydrogen-bond acceptors (Lipinski definition) is 5. The molecule has 1 fully saturated rings. The molecule has 5 rings (SSSR count). The lowest BCUT2D eigenvalue weighted by Crippen LogP contribution is -2.35. The maximum atomic E-state index is 13.7. The van der Waals surface area contributed by atoms with Gasteiger partial charge in [0.15, 0.2) is 5.82 Å². The molecule has 0 radical (unpaired) electrons. The van der Waals surface area contributed by atoms with E-state index in [0.29, 0.717) is 24.7 Å². The summed E-state index contributed by atoms with van der Waals surface area (Å²) in [4.78, 5) is 18.4. The average Bonchev–Trinajstić information content (AvgIpc) is 3.53. The SMILES string of the molecule is Cc1ccc2[nH]c(=O)c(CN(Cc3ccc(F)cc3)[C@@H](c3nnnn3C3CCCC3)C(C)C)cc2c1. The molecule has 0 spiro atoms. The van der Waals surface area contributed by atoms with Gasteiger partial charge in [-0.2, -0.15) is 0 Å². The lowest BCUT2D eigenvalue weighted by molar-refractivity contribution is 0.123. The van der Waals surface area contributed by atoms with E-state index in [1.165, 1.54) is 25.0 Å². The fourth-order valence-electron chi connectivity index (χ4n) is 5.47. The molecule has 0 aliphatic heterocycles. The van der Waals surface area contributed by atoms with Crippen molar-refractivity contribution in [2.24, 2.45) is 5.92 Å². The van der Waals surface area contributed by atoms with E-state index in [1.54, 1.807) is 12.1 Å². The number of nitrogens with one attached hydrogen (secondary N) is 1. The van der Waals surface area contributed by atoms with Crippen LogP contribution in [-0.2, 0) is 13.1 Å². The van der Waals surface area contributed by atoms with E-state index in [9.17, 15) is 9.18 Å². The first-order valence-corrected chi connectivity index (χ1v) is 12.8. The van der Waals surface area contributed by atoms with Crippen molar-refractivity contribution in [1.29, 1.82) is 0 Å². The van der Waals surface area contributed by atoms with Gasteiger partial charge < -0.3 is 4.98 Å².